The fraction of sp³-hybridized carbons (Fsp3) is 0.852. The first kappa shape index (κ1) is 21.5. The molecule has 162 valence electrons. The van der Waals surface area contributed by atoms with Crippen LogP contribution in [0.25, 0.3) is 0 Å². The Labute approximate surface area is 178 Å². The molecule has 4 aliphatic rings. The minimum absolute atomic E-state index is 0.191. The van der Waals surface area contributed by atoms with E-state index in [4.69, 9.17) is 0 Å². The van der Waals surface area contributed by atoms with Crippen LogP contribution < -0.4 is 0 Å². The molecule has 0 saturated heterocycles. The standard InChI is InChI=1S/C27H42O2/c1-17(2)7-6-8-18(3)21-9-10-22-25-23(12-14-27(21,22)5)26(4)13-11-20(28)15-19(26)16-24(25)29/h16-18,20-25,28-29H,8-15H2,1-5H3/t18-,20+,21-,22+,23+,24-,25+,26+,27-/m1/s1. The van der Waals surface area contributed by atoms with E-state index in [0.29, 0.717) is 35.0 Å². The van der Waals surface area contributed by atoms with E-state index in [-0.39, 0.29) is 17.6 Å². The van der Waals surface area contributed by atoms with E-state index in [0.717, 1.165) is 31.6 Å². The van der Waals surface area contributed by atoms with Gasteiger partial charge in [-0.25, -0.2) is 0 Å². The molecular weight excluding hydrogens is 356 g/mol. The maximum Gasteiger partial charge on any atom is 0.0757 e. The van der Waals surface area contributed by atoms with Gasteiger partial charge in [0.25, 0.3) is 0 Å². The highest BCUT2D eigenvalue weighted by Gasteiger charge is 2.61. The number of hydrogen-bond acceptors (Lipinski definition) is 2. The topological polar surface area (TPSA) is 40.5 Å². The molecular formula is C27H42O2. The van der Waals surface area contributed by atoms with Gasteiger partial charge in [0.05, 0.1) is 12.2 Å². The van der Waals surface area contributed by atoms with Crippen LogP contribution in [0.2, 0.25) is 0 Å². The zero-order valence-corrected chi connectivity index (χ0v) is 19.2. The van der Waals surface area contributed by atoms with E-state index >= 15 is 0 Å². The second kappa shape index (κ2) is 7.72. The van der Waals surface area contributed by atoms with Gasteiger partial charge in [-0.15, -0.1) is 11.8 Å². The van der Waals surface area contributed by atoms with Gasteiger partial charge in [0.1, 0.15) is 0 Å². The Balaban J connectivity index is 1.58. The molecule has 2 heteroatoms. The summed E-state index contributed by atoms with van der Waals surface area (Å²) in [6.07, 6.45) is 10.5. The third-order valence-corrected chi connectivity index (χ3v) is 9.68. The lowest BCUT2D eigenvalue weighted by Crippen LogP contribution is -2.54. The van der Waals surface area contributed by atoms with E-state index in [9.17, 15) is 10.2 Å². The summed E-state index contributed by atoms with van der Waals surface area (Å²) in [5, 5.41) is 21.5. The van der Waals surface area contributed by atoms with Crippen molar-refractivity contribution in [1.29, 1.82) is 0 Å². The van der Waals surface area contributed by atoms with E-state index in [1.807, 2.05) is 0 Å². The minimum atomic E-state index is -0.326. The molecule has 9 atom stereocenters. The van der Waals surface area contributed by atoms with Gasteiger partial charge in [-0.05, 0) is 85.4 Å². The molecule has 3 fully saturated rings. The van der Waals surface area contributed by atoms with Crippen molar-refractivity contribution in [3.8, 4) is 11.8 Å². The Morgan fingerprint density at radius 2 is 1.79 bits per heavy atom. The van der Waals surface area contributed by atoms with Gasteiger partial charge in [-0.1, -0.05) is 46.3 Å². The molecule has 0 heterocycles. The van der Waals surface area contributed by atoms with E-state index in [1.165, 1.54) is 31.3 Å². The quantitative estimate of drug-likeness (QED) is 0.471. The van der Waals surface area contributed by atoms with Gasteiger partial charge in [0, 0.05) is 12.3 Å². The molecule has 3 saturated carbocycles. The largest absolute Gasteiger partial charge is 0.393 e. The van der Waals surface area contributed by atoms with Crippen molar-refractivity contribution in [2.75, 3.05) is 0 Å². The second-order valence-corrected chi connectivity index (χ2v) is 11.7. The predicted molar refractivity (Wildman–Crippen MR) is 119 cm³/mol. The maximum atomic E-state index is 11.3. The van der Waals surface area contributed by atoms with Crippen LogP contribution in [0.3, 0.4) is 0 Å². The van der Waals surface area contributed by atoms with E-state index < -0.39 is 0 Å². The summed E-state index contributed by atoms with van der Waals surface area (Å²) in [6.45, 7) is 11.7. The number of rotatable bonds is 2. The highest BCUT2D eigenvalue weighted by Crippen LogP contribution is 2.67. The monoisotopic (exact) mass is 398 g/mol. The molecule has 0 aromatic heterocycles. The number of aliphatic hydroxyl groups excluding tert-OH is 2. The summed E-state index contributed by atoms with van der Waals surface area (Å²) >= 11 is 0. The van der Waals surface area contributed by atoms with Crippen LogP contribution in [-0.2, 0) is 0 Å². The molecule has 4 aliphatic carbocycles. The van der Waals surface area contributed by atoms with Gasteiger partial charge in [-0.2, -0.15) is 0 Å². The molecule has 0 amide bonds. The second-order valence-electron chi connectivity index (χ2n) is 11.7. The van der Waals surface area contributed by atoms with Crippen LogP contribution >= 0.6 is 0 Å². The lowest BCUT2D eigenvalue weighted by atomic mass is 9.46. The molecule has 0 spiro atoms. The SMILES string of the molecule is CC(C)C#CC[C@@H](C)[C@H]1CC[C@H]2[C@@H]3[C@H](O)C=C4C[C@@H](O)CC[C@]4(C)[C@H]3CC[C@]12C. The highest BCUT2D eigenvalue weighted by atomic mass is 16.3. The Morgan fingerprint density at radius 3 is 2.52 bits per heavy atom. The fourth-order valence-corrected chi connectivity index (χ4v) is 8.17. The van der Waals surface area contributed by atoms with Crippen LogP contribution in [-0.4, -0.2) is 22.4 Å². The Kier molecular flexibility index (Phi) is 5.71. The lowest BCUT2D eigenvalue weighted by molar-refractivity contribution is -0.0965. The molecule has 2 N–H and O–H groups in total. The zero-order valence-electron chi connectivity index (χ0n) is 19.2. The van der Waals surface area contributed by atoms with Gasteiger partial charge in [0.2, 0.25) is 0 Å². The fourth-order valence-electron chi connectivity index (χ4n) is 8.17. The average molecular weight is 399 g/mol. The highest BCUT2D eigenvalue weighted by molar-refractivity contribution is 5.28. The zero-order chi connectivity index (χ0) is 21.0. The first-order valence-electron chi connectivity index (χ1n) is 12.2. The van der Waals surface area contributed by atoms with E-state index in [2.05, 4.69) is 52.5 Å². The normalized spacial score (nSPS) is 47.4. The maximum absolute atomic E-state index is 11.3. The van der Waals surface area contributed by atoms with Crippen molar-refractivity contribution >= 4 is 0 Å². The molecule has 29 heavy (non-hydrogen) atoms. The summed E-state index contributed by atoms with van der Waals surface area (Å²) in [5.41, 5.74) is 1.88. The van der Waals surface area contributed by atoms with Crippen molar-refractivity contribution in [3.05, 3.63) is 11.6 Å². The summed E-state index contributed by atoms with van der Waals surface area (Å²) in [4.78, 5) is 0. The van der Waals surface area contributed by atoms with Crippen LogP contribution in [0, 0.1) is 58.2 Å². The van der Waals surface area contributed by atoms with Crippen molar-refractivity contribution in [3.63, 3.8) is 0 Å². The third-order valence-electron chi connectivity index (χ3n) is 9.68. The molecule has 0 aromatic carbocycles. The summed E-state index contributed by atoms with van der Waals surface area (Å²) in [5.74, 6) is 10.2. The van der Waals surface area contributed by atoms with Crippen LogP contribution in [0.4, 0.5) is 0 Å². The molecule has 0 unspecified atom stereocenters. The van der Waals surface area contributed by atoms with Gasteiger partial charge < -0.3 is 10.2 Å². The summed E-state index contributed by atoms with van der Waals surface area (Å²) < 4.78 is 0. The molecule has 0 radical (unpaired) electrons. The average Bonchev–Trinajstić information content (AvgIpc) is 3.00. The van der Waals surface area contributed by atoms with Gasteiger partial charge in [-0.3, -0.25) is 0 Å². The summed E-state index contributed by atoms with van der Waals surface area (Å²) in [7, 11) is 0. The summed E-state index contributed by atoms with van der Waals surface area (Å²) in [6, 6.07) is 0. The third kappa shape index (κ3) is 3.51. The van der Waals surface area contributed by atoms with Crippen molar-refractivity contribution < 1.29 is 10.2 Å². The first-order valence-corrected chi connectivity index (χ1v) is 12.2. The van der Waals surface area contributed by atoms with Crippen molar-refractivity contribution in [2.24, 2.45) is 46.3 Å². The van der Waals surface area contributed by atoms with Crippen LogP contribution in [0.1, 0.15) is 86.0 Å². The molecule has 4 rings (SSSR count). The minimum Gasteiger partial charge on any atom is -0.393 e. The van der Waals surface area contributed by atoms with E-state index in [1.54, 1.807) is 0 Å². The van der Waals surface area contributed by atoms with Gasteiger partial charge in [0.15, 0.2) is 0 Å². The van der Waals surface area contributed by atoms with Crippen molar-refractivity contribution in [1.82, 2.24) is 0 Å². The van der Waals surface area contributed by atoms with Crippen LogP contribution in [0.5, 0.6) is 0 Å². The molecule has 0 aliphatic heterocycles. The first-order chi connectivity index (χ1) is 13.7. The Morgan fingerprint density at radius 1 is 1.03 bits per heavy atom. The number of aliphatic hydroxyl groups is 2. The van der Waals surface area contributed by atoms with Gasteiger partial charge >= 0.3 is 0 Å². The van der Waals surface area contributed by atoms with Crippen molar-refractivity contribution in [2.45, 2.75) is 98.2 Å². The van der Waals surface area contributed by atoms with Crippen LogP contribution in [0.15, 0.2) is 11.6 Å². The Bertz CT molecular complexity index is 712. The molecule has 0 bridgehead atoms. The predicted octanol–water partition coefficient (Wildman–Crippen LogP) is 5.58. The molecule has 2 nitrogen and oxygen atoms in total. The Hall–Kier alpha value is -0.780. The lowest BCUT2D eigenvalue weighted by Gasteiger charge is -2.59. The number of hydrogen-bond donors (Lipinski definition) is 2. The number of fused-ring (bicyclic) bond motifs is 5. The smallest absolute Gasteiger partial charge is 0.0757 e. The molecule has 0 aromatic rings.